The molecule has 0 aromatic carbocycles. The summed E-state index contributed by atoms with van der Waals surface area (Å²) in [5.74, 6) is 0.695. The highest BCUT2D eigenvalue weighted by molar-refractivity contribution is 9.10. The fourth-order valence-corrected chi connectivity index (χ4v) is 3.24. The Labute approximate surface area is 108 Å². The lowest BCUT2D eigenvalue weighted by Crippen LogP contribution is -2.41. The lowest BCUT2D eigenvalue weighted by atomic mass is 9.94. The number of rotatable bonds is 1. The number of nitrogens with one attached hydrogen (secondary N) is 1. The van der Waals surface area contributed by atoms with Gasteiger partial charge in [0.15, 0.2) is 4.67 Å². The normalized spacial score (nSPS) is 28.2. The number of fused-ring (bicyclic) bond motifs is 1. The zero-order valence-electron chi connectivity index (χ0n) is 9.49. The second-order valence-corrected chi connectivity index (χ2v) is 5.50. The molecule has 1 amide bonds. The minimum Gasteiger partial charge on any atom is -0.457 e. The second-order valence-electron chi connectivity index (χ2n) is 4.78. The number of hydrogen-bond acceptors (Lipinski definition) is 3. The molecule has 1 aromatic heterocycles. The average molecular weight is 299 g/mol. The van der Waals surface area contributed by atoms with Gasteiger partial charge in [0.2, 0.25) is 0 Å². The number of furan rings is 1. The largest absolute Gasteiger partial charge is 0.457 e. The summed E-state index contributed by atoms with van der Waals surface area (Å²) < 4.78 is 5.65. The van der Waals surface area contributed by atoms with Crippen molar-refractivity contribution in [3.63, 3.8) is 0 Å². The number of hydrogen-bond donors (Lipinski definition) is 1. The second kappa shape index (κ2) is 4.46. The Balaban J connectivity index is 1.74. The van der Waals surface area contributed by atoms with Gasteiger partial charge in [0.25, 0.3) is 5.91 Å². The van der Waals surface area contributed by atoms with E-state index in [0.717, 1.165) is 19.6 Å². The van der Waals surface area contributed by atoms with Gasteiger partial charge in [0, 0.05) is 19.1 Å². The van der Waals surface area contributed by atoms with E-state index >= 15 is 0 Å². The van der Waals surface area contributed by atoms with Crippen molar-refractivity contribution in [3.8, 4) is 0 Å². The van der Waals surface area contributed by atoms with Gasteiger partial charge in [-0.05, 0) is 47.3 Å². The van der Waals surface area contributed by atoms with Crippen molar-refractivity contribution in [2.75, 3.05) is 19.6 Å². The van der Waals surface area contributed by atoms with Crippen molar-refractivity contribution in [3.05, 3.63) is 22.6 Å². The molecule has 2 fully saturated rings. The highest BCUT2D eigenvalue weighted by atomic mass is 79.9. The standard InChI is InChI=1S/C12H15BrN2O2/c13-11-9(3-5-17-11)12(16)15-6-8-2-1-4-14-10(8)7-15/h3,5,8,10,14H,1-2,4,6-7H2/t8-,10+/m0/s1. The summed E-state index contributed by atoms with van der Waals surface area (Å²) in [6.07, 6.45) is 3.99. The highest BCUT2D eigenvalue weighted by Gasteiger charge is 2.37. The molecular weight excluding hydrogens is 284 g/mol. The summed E-state index contributed by atoms with van der Waals surface area (Å²) >= 11 is 3.26. The van der Waals surface area contributed by atoms with Crippen molar-refractivity contribution in [1.82, 2.24) is 10.2 Å². The average Bonchev–Trinajstić information content (AvgIpc) is 2.93. The Kier molecular flexibility index (Phi) is 2.96. The minimum absolute atomic E-state index is 0.0711. The zero-order valence-corrected chi connectivity index (χ0v) is 11.1. The monoisotopic (exact) mass is 298 g/mol. The third-order valence-corrected chi connectivity index (χ3v) is 4.35. The van der Waals surface area contributed by atoms with Gasteiger partial charge in [-0.15, -0.1) is 0 Å². The van der Waals surface area contributed by atoms with E-state index in [1.54, 1.807) is 12.3 Å². The lowest BCUT2D eigenvalue weighted by molar-refractivity contribution is 0.0783. The smallest absolute Gasteiger partial charge is 0.258 e. The maximum absolute atomic E-state index is 12.3. The van der Waals surface area contributed by atoms with Crippen molar-refractivity contribution in [2.45, 2.75) is 18.9 Å². The topological polar surface area (TPSA) is 45.5 Å². The van der Waals surface area contributed by atoms with E-state index in [1.807, 2.05) is 4.90 Å². The van der Waals surface area contributed by atoms with E-state index in [2.05, 4.69) is 21.2 Å². The molecule has 0 unspecified atom stereocenters. The van der Waals surface area contributed by atoms with Gasteiger partial charge in [-0.25, -0.2) is 0 Å². The molecule has 1 N–H and O–H groups in total. The van der Waals surface area contributed by atoms with Crippen LogP contribution in [0, 0.1) is 5.92 Å². The molecule has 0 bridgehead atoms. The van der Waals surface area contributed by atoms with E-state index in [1.165, 1.54) is 12.8 Å². The molecule has 0 radical (unpaired) electrons. The van der Waals surface area contributed by atoms with Crippen LogP contribution in [-0.2, 0) is 0 Å². The summed E-state index contributed by atoms with van der Waals surface area (Å²) in [6, 6.07) is 2.21. The van der Waals surface area contributed by atoms with Crippen molar-refractivity contribution in [2.24, 2.45) is 5.92 Å². The highest BCUT2D eigenvalue weighted by Crippen LogP contribution is 2.27. The van der Waals surface area contributed by atoms with E-state index in [-0.39, 0.29) is 5.91 Å². The first-order chi connectivity index (χ1) is 8.25. The van der Waals surface area contributed by atoms with Crippen molar-refractivity contribution >= 4 is 21.8 Å². The quantitative estimate of drug-likeness (QED) is 0.861. The zero-order chi connectivity index (χ0) is 11.8. The minimum atomic E-state index is 0.0711. The molecule has 2 aliphatic rings. The van der Waals surface area contributed by atoms with E-state index in [9.17, 15) is 4.79 Å². The molecule has 0 spiro atoms. The molecule has 2 saturated heterocycles. The molecule has 1 aromatic rings. The Bertz CT molecular complexity index is 418. The van der Waals surface area contributed by atoms with Crippen LogP contribution in [-0.4, -0.2) is 36.5 Å². The SMILES string of the molecule is O=C(c1ccoc1Br)N1C[C@@H]2CCCN[C@@H]2C1. The van der Waals surface area contributed by atoms with Gasteiger partial charge < -0.3 is 14.6 Å². The Morgan fingerprint density at radius 2 is 2.41 bits per heavy atom. The van der Waals surface area contributed by atoms with Crippen LogP contribution in [0.1, 0.15) is 23.2 Å². The van der Waals surface area contributed by atoms with Crippen LogP contribution in [0.4, 0.5) is 0 Å². The molecule has 3 heterocycles. The van der Waals surface area contributed by atoms with Gasteiger partial charge in [-0.1, -0.05) is 0 Å². The maximum Gasteiger partial charge on any atom is 0.258 e. The number of halogens is 1. The van der Waals surface area contributed by atoms with Crippen LogP contribution in [0.3, 0.4) is 0 Å². The van der Waals surface area contributed by atoms with Crippen LogP contribution in [0.2, 0.25) is 0 Å². The fraction of sp³-hybridized carbons (Fsp3) is 0.583. The summed E-state index contributed by atoms with van der Waals surface area (Å²) in [5, 5.41) is 3.50. The van der Waals surface area contributed by atoms with Crippen LogP contribution in [0.15, 0.2) is 21.4 Å². The molecule has 92 valence electrons. The van der Waals surface area contributed by atoms with Gasteiger partial charge in [-0.3, -0.25) is 4.79 Å². The van der Waals surface area contributed by atoms with Gasteiger partial charge in [-0.2, -0.15) is 0 Å². The number of nitrogens with zero attached hydrogens (tertiary/aromatic N) is 1. The fourth-order valence-electron chi connectivity index (χ4n) is 2.83. The third kappa shape index (κ3) is 2.02. The van der Waals surface area contributed by atoms with Crippen LogP contribution < -0.4 is 5.32 Å². The molecule has 0 aliphatic carbocycles. The number of likely N-dealkylation sites (tertiary alicyclic amines) is 1. The predicted octanol–water partition coefficient (Wildman–Crippen LogP) is 1.87. The molecular formula is C12H15BrN2O2. The van der Waals surface area contributed by atoms with E-state index < -0.39 is 0 Å². The number of piperidine rings is 1. The van der Waals surface area contributed by atoms with Gasteiger partial charge in [0.1, 0.15) is 0 Å². The lowest BCUT2D eigenvalue weighted by Gasteiger charge is -2.24. The van der Waals surface area contributed by atoms with Crippen LogP contribution in [0.25, 0.3) is 0 Å². The molecule has 4 nitrogen and oxygen atoms in total. The first-order valence-corrected chi connectivity index (χ1v) is 6.80. The van der Waals surface area contributed by atoms with Crippen LogP contribution in [0.5, 0.6) is 0 Å². The maximum atomic E-state index is 12.3. The first-order valence-electron chi connectivity index (χ1n) is 6.01. The van der Waals surface area contributed by atoms with Crippen LogP contribution >= 0.6 is 15.9 Å². The molecule has 3 rings (SSSR count). The van der Waals surface area contributed by atoms with Gasteiger partial charge in [0.05, 0.1) is 11.8 Å². The number of carbonyl (C=O) groups is 1. The molecule has 17 heavy (non-hydrogen) atoms. The summed E-state index contributed by atoms with van der Waals surface area (Å²) in [5.41, 5.74) is 0.628. The van der Waals surface area contributed by atoms with Gasteiger partial charge >= 0.3 is 0 Å². The predicted molar refractivity (Wildman–Crippen MR) is 66.8 cm³/mol. The summed E-state index contributed by atoms with van der Waals surface area (Å²) in [4.78, 5) is 14.2. The first kappa shape index (κ1) is 11.3. The van der Waals surface area contributed by atoms with E-state index in [0.29, 0.717) is 22.2 Å². The summed E-state index contributed by atoms with van der Waals surface area (Å²) in [7, 11) is 0. The molecule has 0 saturated carbocycles. The molecule has 2 atom stereocenters. The molecule has 2 aliphatic heterocycles. The van der Waals surface area contributed by atoms with Crippen molar-refractivity contribution in [1.29, 1.82) is 0 Å². The third-order valence-electron chi connectivity index (χ3n) is 3.73. The van der Waals surface area contributed by atoms with Crippen molar-refractivity contribution < 1.29 is 9.21 Å². The Morgan fingerprint density at radius 1 is 1.53 bits per heavy atom. The summed E-state index contributed by atoms with van der Waals surface area (Å²) in [6.45, 7) is 2.77. The number of carbonyl (C=O) groups excluding carboxylic acids is 1. The van der Waals surface area contributed by atoms with E-state index in [4.69, 9.17) is 4.42 Å². The molecule has 5 heteroatoms. The number of amides is 1. The Morgan fingerprint density at radius 3 is 3.12 bits per heavy atom. The Hall–Kier alpha value is -0.810.